The average molecular weight is 399 g/mol. The highest BCUT2D eigenvalue weighted by atomic mass is 35.5. The van der Waals surface area contributed by atoms with Crippen molar-refractivity contribution in [3.05, 3.63) is 88.4 Å². The second-order valence-electron chi connectivity index (χ2n) is 5.62. The maximum atomic E-state index is 12.0. The number of ether oxygens (including phenoxy) is 1. The van der Waals surface area contributed by atoms with Gasteiger partial charge >= 0.3 is 0 Å². The molecular formula is C21H16Cl2N2O2. The van der Waals surface area contributed by atoms with Gasteiger partial charge in [-0.2, -0.15) is 5.10 Å². The molecule has 1 N–H and O–H groups in total. The number of halogens is 2. The fraction of sp³-hybridized carbons (Fsp3) is 0.0476. The van der Waals surface area contributed by atoms with Gasteiger partial charge in [0.05, 0.1) is 16.3 Å². The minimum absolute atomic E-state index is 0.150. The summed E-state index contributed by atoms with van der Waals surface area (Å²) in [5.74, 6) is 0.265. The number of amides is 1. The van der Waals surface area contributed by atoms with E-state index in [0.29, 0.717) is 15.8 Å². The lowest BCUT2D eigenvalue weighted by atomic mass is 10.1. The molecule has 0 atom stereocenters. The molecule has 3 aromatic carbocycles. The predicted octanol–water partition coefficient (Wildman–Crippen LogP) is 5.19. The van der Waals surface area contributed by atoms with Crippen LogP contribution in [-0.2, 0) is 4.79 Å². The highest BCUT2D eigenvalue weighted by Crippen LogP contribution is 2.29. The monoisotopic (exact) mass is 398 g/mol. The maximum Gasteiger partial charge on any atom is 0.277 e. The molecule has 1 amide bonds. The first kappa shape index (κ1) is 19.0. The number of nitrogens with one attached hydrogen (secondary N) is 1. The van der Waals surface area contributed by atoms with Crippen molar-refractivity contribution in [2.75, 3.05) is 6.61 Å². The van der Waals surface area contributed by atoms with Crippen molar-refractivity contribution in [3.8, 4) is 16.9 Å². The van der Waals surface area contributed by atoms with Crippen molar-refractivity contribution in [2.24, 2.45) is 5.10 Å². The summed E-state index contributed by atoms with van der Waals surface area (Å²) in [5.41, 5.74) is 5.09. The van der Waals surface area contributed by atoms with Crippen LogP contribution in [0.25, 0.3) is 11.1 Å². The number of carbonyl (C=O) groups is 1. The van der Waals surface area contributed by atoms with Gasteiger partial charge in [0, 0.05) is 5.56 Å². The number of nitrogens with zero attached hydrogens (tertiary/aromatic N) is 1. The first-order chi connectivity index (χ1) is 13.1. The number of hydrogen-bond acceptors (Lipinski definition) is 3. The molecule has 136 valence electrons. The Balaban J connectivity index is 1.58. The minimum Gasteiger partial charge on any atom is -0.483 e. The van der Waals surface area contributed by atoms with Crippen molar-refractivity contribution in [3.63, 3.8) is 0 Å². The molecule has 0 bridgehead atoms. The Morgan fingerprint density at radius 3 is 2.48 bits per heavy atom. The predicted molar refractivity (Wildman–Crippen MR) is 110 cm³/mol. The van der Waals surface area contributed by atoms with E-state index in [2.05, 4.69) is 10.5 Å². The van der Waals surface area contributed by atoms with Gasteiger partial charge in [0.15, 0.2) is 6.61 Å². The van der Waals surface area contributed by atoms with Crippen LogP contribution in [0.2, 0.25) is 10.0 Å². The van der Waals surface area contributed by atoms with Crippen LogP contribution in [0.4, 0.5) is 0 Å². The number of hydrazone groups is 1. The van der Waals surface area contributed by atoms with Crippen LogP contribution in [0.15, 0.2) is 77.9 Å². The van der Waals surface area contributed by atoms with Gasteiger partial charge in [-0.15, -0.1) is 0 Å². The Labute approximate surface area is 167 Å². The number of para-hydroxylation sites is 1. The van der Waals surface area contributed by atoms with E-state index in [1.54, 1.807) is 18.2 Å². The summed E-state index contributed by atoms with van der Waals surface area (Å²) < 4.78 is 5.67. The lowest BCUT2D eigenvalue weighted by molar-refractivity contribution is -0.123. The fourth-order valence-corrected chi connectivity index (χ4v) is 2.70. The van der Waals surface area contributed by atoms with Crippen LogP contribution in [0, 0.1) is 0 Å². The Morgan fingerprint density at radius 2 is 1.70 bits per heavy atom. The Bertz CT molecular complexity index is 959. The van der Waals surface area contributed by atoms with Gasteiger partial charge in [-0.05, 0) is 29.3 Å². The van der Waals surface area contributed by atoms with E-state index in [9.17, 15) is 4.79 Å². The molecule has 0 fully saturated rings. The number of rotatable bonds is 6. The second kappa shape index (κ2) is 9.21. The van der Waals surface area contributed by atoms with Crippen LogP contribution in [0.5, 0.6) is 5.75 Å². The van der Waals surface area contributed by atoms with Gasteiger partial charge in [0.1, 0.15) is 5.75 Å². The first-order valence-electron chi connectivity index (χ1n) is 8.17. The zero-order valence-corrected chi connectivity index (χ0v) is 15.7. The van der Waals surface area contributed by atoms with Gasteiger partial charge < -0.3 is 4.74 Å². The van der Waals surface area contributed by atoms with E-state index in [-0.39, 0.29) is 12.5 Å². The van der Waals surface area contributed by atoms with Crippen molar-refractivity contribution in [2.45, 2.75) is 0 Å². The van der Waals surface area contributed by atoms with Gasteiger partial charge in [-0.25, -0.2) is 5.43 Å². The van der Waals surface area contributed by atoms with Crippen LogP contribution in [0.1, 0.15) is 5.56 Å². The number of hydrogen-bond donors (Lipinski definition) is 1. The summed E-state index contributed by atoms with van der Waals surface area (Å²) in [7, 11) is 0. The number of carbonyl (C=O) groups excluding carboxylic acids is 1. The molecular weight excluding hydrogens is 383 g/mol. The summed E-state index contributed by atoms with van der Waals surface area (Å²) in [4.78, 5) is 12.0. The summed E-state index contributed by atoms with van der Waals surface area (Å²) in [6.45, 7) is -0.150. The van der Waals surface area contributed by atoms with Crippen LogP contribution in [-0.4, -0.2) is 18.7 Å². The third-order valence-corrected chi connectivity index (χ3v) is 4.42. The normalized spacial score (nSPS) is 10.7. The standard InChI is InChI=1S/C21H16Cl2N2O2/c22-18-11-10-15(12-19(18)23)13-24-25-21(26)14-27-20-9-5-4-8-17(20)16-6-2-1-3-7-16/h1-13H,14H2,(H,25,26)/b24-13-. The molecule has 0 aromatic heterocycles. The molecule has 0 aliphatic rings. The molecule has 6 heteroatoms. The van der Waals surface area contributed by atoms with Crippen LogP contribution in [0.3, 0.4) is 0 Å². The summed E-state index contributed by atoms with van der Waals surface area (Å²) in [6.07, 6.45) is 1.48. The van der Waals surface area contributed by atoms with Crippen LogP contribution >= 0.6 is 23.2 Å². The van der Waals surface area contributed by atoms with Crippen LogP contribution < -0.4 is 10.2 Å². The smallest absolute Gasteiger partial charge is 0.277 e. The van der Waals surface area contributed by atoms with Gasteiger partial charge in [0.25, 0.3) is 5.91 Å². The van der Waals surface area contributed by atoms with Gasteiger partial charge in [0.2, 0.25) is 0 Å². The topological polar surface area (TPSA) is 50.7 Å². The zero-order valence-electron chi connectivity index (χ0n) is 14.2. The molecule has 0 radical (unpaired) electrons. The van der Waals surface area contributed by atoms with E-state index in [4.69, 9.17) is 27.9 Å². The van der Waals surface area contributed by atoms with E-state index in [1.165, 1.54) is 6.21 Å². The highest BCUT2D eigenvalue weighted by Gasteiger charge is 2.07. The van der Waals surface area contributed by atoms with E-state index in [0.717, 1.165) is 16.7 Å². The van der Waals surface area contributed by atoms with Crippen molar-refractivity contribution in [1.82, 2.24) is 5.43 Å². The van der Waals surface area contributed by atoms with Gasteiger partial charge in [-0.1, -0.05) is 77.8 Å². The molecule has 0 spiro atoms. The lowest BCUT2D eigenvalue weighted by Crippen LogP contribution is -2.24. The van der Waals surface area contributed by atoms with Gasteiger partial charge in [-0.3, -0.25) is 4.79 Å². The third-order valence-electron chi connectivity index (χ3n) is 3.68. The van der Waals surface area contributed by atoms with Crippen molar-refractivity contribution >= 4 is 35.3 Å². The largest absolute Gasteiger partial charge is 0.483 e. The molecule has 0 heterocycles. The Kier molecular flexibility index (Phi) is 6.47. The molecule has 0 aliphatic heterocycles. The molecule has 0 unspecified atom stereocenters. The molecule has 3 aromatic rings. The Hall–Kier alpha value is -2.82. The fourth-order valence-electron chi connectivity index (χ4n) is 2.40. The minimum atomic E-state index is -0.367. The molecule has 0 saturated carbocycles. The van der Waals surface area contributed by atoms with E-state index >= 15 is 0 Å². The molecule has 27 heavy (non-hydrogen) atoms. The molecule has 4 nitrogen and oxygen atoms in total. The first-order valence-corrected chi connectivity index (χ1v) is 8.93. The second-order valence-corrected chi connectivity index (χ2v) is 6.43. The summed E-state index contributed by atoms with van der Waals surface area (Å²) in [6, 6.07) is 22.5. The van der Waals surface area contributed by atoms with Crippen molar-refractivity contribution < 1.29 is 9.53 Å². The average Bonchev–Trinajstić information content (AvgIpc) is 2.70. The molecule has 0 saturated heterocycles. The maximum absolute atomic E-state index is 12.0. The van der Waals surface area contributed by atoms with E-state index < -0.39 is 0 Å². The quantitative estimate of drug-likeness (QED) is 0.458. The molecule has 0 aliphatic carbocycles. The Morgan fingerprint density at radius 1 is 0.963 bits per heavy atom. The third kappa shape index (κ3) is 5.33. The highest BCUT2D eigenvalue weighted by molar-refractivity contribution is 6.42. The van der Waals surface area contributed by atoms with Crippen molar-refractivity contribution in [1.29, 1.82) is 0 Å². The number of benzene rings is 3. The zero-order chi connectivity index (χ0) is 19.1. The SMILES string of the molecule is O=C(COc1ccccc1-c1ccccc1)N/N=C\c1ccc(Cl)c(Cl)c1. The lowest BCUT2D eigenvalue weighted by Gasteiger charge is -2.10. The summed E-state index contributed by atoms with van der Waals surface area (Å²) >= 11 is 11.8. The summed E-state index contributed by atoms with van der Waals surface area (Å²) in [5, 5.41) is 4.78. The molecule has 3 rings (SSSR count). The van der Waals surface area contributed by atoms with E-state index in [1.807, 2.05) is 54.6 Å².